The van der Waals surface area contributed by atoms with Gasteiger partial charge in [-0.05, 0) is 63.2 Å². The third-order valence-corrected chi connectivity index (χ3v) is 4.99. The third-order valence-electron chi connectivity index (χ3n) is 3.95. The maximum Gasteiger partial charge on any atom is 0.279 e. The molecular formula is C22H24N2O3S. The topological polar surface area (TPSA) is 52.8 Å². The highest BCUT2D eigenvalue weighted by molar-refractivity contribution is 7.16. The van der Waals surface area contributed by atoms with Crippen molar-refractivity contribution in [3.63, 3.8) is 0 Å². The number of thiazole rings is 1. The zero-order valence-electron chi connectivity index (χ0n) is 16.3. The molecule has 0 bridgehead atoms. The predicted octanol–water partition coefficient (Wildman–Crippen LogP) is 4.82. The van der Waals surface area contributed by atoms with Gasteiger partial charge in [0, 0.05) is 12.1 Å². The van der Waals surface area contributed by atoms with E-state index >= 15 is 0 Å². The van der Waals surface area contributed by atoms with Gasteiger partial charge in [0.15, 0.2) is 4.80 Å². The fourth-order valence-electron chi connectivity index (χ4n) is 2.80. The number of fused-ring (bicyclic) bond motifs is 1. The van der Waals surface area contributed by atoms with Crippen LogP contribution in [0, 0.1) is 0 Å². The van der Waals surface area contributed by atoms with E-state index in [0.29, 0.717) is 23.5 Å². The van der Waals surface area contributed by atoms with Gasteiger partial charge in [-0.3, -0.25) is 4.79 Å². The molecule has 0 radical (unpaired) electrons. The second-order valence-electron chi connectivity index (χ2n) is 6.45. The molecule has 6 heteroatoms. The average Bonchev–Trinajstić information content (AvgIpc) is 2.99. The largest absolute Gasteiger partial charge is 0.494 e. The Kier molecular flexibility index (Phi) is 6.31. The summed E-state index contributed by atoms with van der Waals surface area (Å²) in [5, 5.41) is 0. The molecule has 1 aromatic heterocycles. The van der Waals surface area contributed by atoms with Crippen LogP contribution in [0.15, 0.2) is 60.1 Å². The number of aromatic nitrogens is 1. The van der Waals surface area contributed by atoms with E-state index in [0.717, 1.165) is 21.7 Å². The lowest BCUT2D eigenvalue weighted by Crippen LogP contribution is -2.16. The van der Waals surface area contributed by atoms with Crippen molar-refractivity contribution in [1.82, 2.24) is 4.57 Å². The summed E-state index contributed by atoms with van der Waals surface area (Å²) in [5.41, 5.74) is 1.52. The summed E-state index contributed by atoms with van der Waals surface area (Å²) in [4.78, 5) is 17.7. The summed E-state index contributed by atoms with van der Waals surface area (Å²) >= 11 is 1.46. The number of carbonyl (C=O) groups excluding carboxylic acids is 1. The van der Waals surface area contributed by atoms with Gasteiger partial charge in [0.1, 0.15) is 11.5 Å². The molecule has 0 unspecified atom stereocenters. The fourth-order valence-corrected chi connectivity index (χ4v) is 3.87. The highest BCUT2D eigenvalue weighted by Gasteiger charge is 2.10. The summed E-state index contributed by atoms with van der Waals surface area (Å²) in [6.45, 7) is 10.9. The molecule has 0 N–H and O–H groups in total. The monoisotopic (exact) mass is 396 g/mol. The van der Waals surface area contributed by atoms with Crippen LogP contribution < -0.4 is 14.3 Å². The first-order chi connectivity index (χ1) is 13.5. The van der Waals surface area contributed by atoms with Gasteiger partial charge >= 0.3 is 0 Å². The molecule has 3 aromatic rings. The molecule has 0 aliphatic rings. The van der Waals surface area contributed by atoms with Gasteiger partial charge in [0.2, 0.25) is 0 Å². The minimum Gasteiger partial charge on any atom is -0.494 e. The van der Waals surface area contributed by atoms with Crippen molar-refractivity contribution in [3.8, 4) is 11.5 Å². The van der Waals surface area contributed by atoms with Gasteiger partial charge in [-0.25, -0.2) is 0 Å². The molecule has 1 amide bonds. The van der Waals surface area contributed by atoms with Crippen LogP contribution in [0.3, 0.4) is 0 Å². The smallest absolute Gasteiger partial charge is 0.279 e. The Labute approximate surface area is 168 Å². The normalized spacial score (nSPS) is 11.8. The Morgan fingerprint density at radius 1 is 1.21 bits per heavy atom. The molecule has 28 heavy (non-hydrogen) atoms. The number of carbonyl (C=O) groups is 1. The van der Waals surface area contributed by atoms with Crippen LogP contribution in [0.2, 0.25) is 0 Å². The Morgan fingerprint density at radius 2 is 1.93 bits per heavy atom. The molecule has 0 spiro atoms. The van der Waals surface area contributed by atoms with Crippen LogP contribution in [0.1, 0.15) is 31.1 Å². The number of amides is 1. The van der Waals surface area contributed by atoms with E-state index in [2.05, 4.69) is 11.6 Å². The van der Waals surface area contributed by atoms with E-state index in [1.807, 2.05) is 43.5 Å². The number of benzene rings is 2. The number of hydrogen-bond donors (Lipinski definition) is 0. The molecule has 0 saturated carbocycles. The first kappa shape index (κ1) is 19.9. The van der Waals surface area contributed by atoms with Crippen LogP contribution in [0.25, 0.3) is 10.2 Å². The molecule has 0 aliphatic heterocycles. The minimum absolute atomic E-state index is 0.0872. The SMILES string of the molecule is C=CCn1c(=NC(=O)c2ccc(OC(C)C)cc2)sc2cc(OCC)ccc21. The van der Waals surface area contributed by atoms with E-state index in [9.17, 15) is 4.79 Å². The zero-order chi connectivity index (χ0) is 20.1. The van der Waals surface area contributed by atoms with Crippen molar-refractivity contribution in [3.05, 3.63) is 65.5 Å². The van der Waals surface area contributed by atoms with Crippen LogP contribution in [0.4, 0.5) is 0 Å². The molecule has 0 atom stereocenters. The lowest BCUT2D eigenvalue weighted by Gasteiger charge is -2.09. The van der Waals surface area contributed by atoms with E-state index in [1.165, 1.54) is 11.3 Å². The summed E-state index contributed by atoms with van der Waals surface area (Å²) in [6, 6.07) is 13.0. The van der Waals surface area contributed by atoms with Crippen molar-refractivity contribution in [2.24, 2.45) is 4.99 Å². The summed E-state index contributed by atoms with van der Waals surface area (Å²) < 4.78 is 14.2. The molecule has 0 saturated heterocycles. The number of hydrogen-bond acceptors (Lipinski definition) is 4. The van der Waals surface area contributed by atoms with Crippen LogP contribution in [-0.2, 0) is 6.54 Å². The maximum absolute atomic E-state index is 12.7. The van der Waals surface area contributed by atoms with Crippen LogP contribution in [-0.4, -0.2) is 23.2 Å². The molecule has 0 fully saturated rings. The Hall–Kier alpha value is -2.86. The van der Waals surface area contributed by atoms with Crippen molar-refractivity contribution < 1.29 is 14.3 Å². The van der Waals surface area contributed by atoms with E-state index in [4.69, 9.17) is 9.47 Å². The quantitative estimate of drug-likeness (QED) is 0.538. The van der Waals surface area contributed by atoms with E-state index in [1.54, 1.807) is 30.3 Å². The zero-order valence-corrected chi connectivity index (χ0v) is 17.2. The first-order valence-electron chi connectivity index (χ1n) is 9.24. The van der Waals surface area contributed by atoms with Gasteiger partial charge in [0.05, 0.1) is 22.9 Å². The fraction of sp³-hybridized carbons (Fsp3) is 0.273. The molecule has 0 aliphatic carbocycles. The summed E-state index contributed by atoms with van der Waals surface area (Å²) in [6.07, 6.45) is 1.88. The highest BCUT2D eigenvalue weighted by Crippen LogP contribution is 2.23. The van der Waals surface area contributed by atoms with E-state index in [-0.39, 0.29) is 12.0 Å². The van der Waals surface area contributed by atoms with Crippen molar-refractivity contribution in [2.75, 3.05) is 6.61 Å². The van der Waals surface area contributed by atoms with Crippen LogP contribution in [0.5, 0.6) is 11.5 Å². The molecule has 3 rings (SSSR count). The van der Waals surface area contributed by atoms with Gasteiger partial charge in [0.25, 0.3) is 5.91 Å². The molecule has 1 heterocycles. The van der Waals surface area contributed by atoms with Gasteiger partial charge < -0.3 is 14.0 Å². The second kappa shape index (κ2) is 8.89. The summed E-state index contributed by atoms with van der Waals surface area (Å²) in [7, 11) is 0. The average molecular weight is 397 g/mol. The number of ether oxygens (including phenoxy) is 2. The molecule has 2 aromatic carbocycles. The molecule has 146 valence electrons. The Morgan fingerprint density at radius 3 is 2.57 bits per heavy atom. The predicted molar refractivity (Wildman–Crippen MR) is 113 cm³/mol. The molecular weight excluding hydrogens is 372 g/mol. The van der Waals surface area contributed by atoms with Crippen molar-refractivity contribution in [1.29, 1.82) is 0 Å². The van der Waals surface area contributed by atoms with Crippen molar-refractivity contribution in [2.45, 2.75) is 33.4 Å². The summed E-state index contributed by atoms with van der Waals surface area (Å²) in [5.74, 6) is 1.25. The van der Waals surface area contributed by atoms with Gasteiger partial charge in [-0.15, -0.1) is 6.58 Å². The van der Waals surface area contributed by atoms with Gasteiger partial charge in [-0.1, -0.05) is 17.4 Å². The lowest BCUT2D eigenvalue weighted by atomic mass is 10.2. The number of rotatable bonds is 7. The minimum atomic E-state index is -0.287. The lowest BCUT2D eigenvalue weighted by molar-refractivity contribution is 0.0998. The van der Waals surface area contributed by atoms with Gasteiger partial charge in [-0.2, -0.15) is 4.99 Å². The van der Waals surface area contributed by atoms with Crippen LogP contribution >= 0.6 is 11.3 Å². The second-order valence-corrected chi connectivity index (χ2v) is 7.46. The number of allylic oxidation sites excluding steroid dienone is 1. The van der Waals surface area contributed by atoms with Crippen molar-refractivity contribution >= 4 is 27.5 Å². The molecule has 5 nitrogen and oxygen atoms in total. The highest BCUT2D eigenvalue weighted by atomic mass is 32.1. The Balaban J connectivity index is 1.98. The Bertz CT molecular complexity index is 1050. The van der Waals surface area contributed by atoms with E-state index < -0.39 is 0 Å². The maximum atomic E-state index is 12.7. The number of nitrogens with zero attached hydrogens (tertiary/aromatic N) is 2. The standard InChI is InChI=1S/C22H24N2O3S/c1-5-13-24-19-12-11-18(26-6-2)14-20(19)28-22(24)23-21(25)16-7-9-17(10-8-16)27-15(3)4/h5,7-12,14-15H,1,6,13H2,2-4H3. The first-order valence-corrected chi connectivity index (χ1v) is 10.1. The third kappa shape index (κ3) is 4.51.